The Morgan fingerprint density at radius 3 is 2.52 bits per heavy atom. The molecular weight excluding hydrogens is 258 g/mol. The van der Waals surface area contributed by atoms with Gasteiger partial charge in [0.25, 0.3) is 0 Å². The Hall–Kier alpha value is -1.80. The molecule has 0 radical (unpaired) electrons. The Labute approximate surface area is 127 Å². The van der Waals surface area contributed by atoms with Crippen LogP contribution in [0.15, 0.2) is 48.5 Å². The first-order valence-electron chi connectivity index (χ1n) is 7.60. The maximum absolute atomic E-state index is 6.42. The van der Waals surface area contributed by atoms with Gasteiger partial charge in [-0.2, -0.15) is 0 Å². The Balaban J connectivity index is 1.90. The van der Waals surface area contributed by atoms with Crippen molar-refractivity contribution in [1.29, 1.82) is 0 Å². The van der Waals surface area contributed by atoms with E-state index in [1.807, 2.05) is 6.07 Å². The number of ether oxygens (including phenoxy) is 1. The molecule has 0 aliphatic heterocycles. The summed E-state index contributed by atoms with van der Waals surface area (Å²) in [7, 11) is 4.27. The van der Waals surface area contributed by atoms with Crippen molar-refractivity contribution in [2.45, 2.75) is 19.4 Å². The van der Waals surface area contributed by atoms with E-state index in [4.69, 9.17) is 4.74 Å². The van der Waals surface area contributed by atoms with Crippen LogP contribution in [0.2, 0.25) is 0 Å². The molecule has 0 heterocycles. The monoisotopic (exact) mass is 281 g/mol. The first kappa shape index (κ1) is 14.2. The van der Waals surface area contributed by atoms with E-state index in [0.29, 0.717) is 5.92 Å². The van der Waals surface area contributed by atoms with Crippen LogP contribution < -0.4 is 4.74 Å². The quantitative estimate of drug-likeness (QED) is 0.844. The standard InChI is InChI=1S/C19H23NO/c1-14-8-4-7-11-18(14)21-19-16(13-20(2)3)12-15-9-5-6-10-17(15)19/h4-11,16,19H,12-13H2,1-3H3/t16-,19+/m1/s1. The molecule has 2 aromatic carbocycles. The minimum Gasteiger partial charge on any atom is -0.485 e. The lowest BCUT2D eigenvalue weighted by atomic mass is 10.0. The smallest absolute Gasteiger partial charge is 0.128 e. The second kappa shape index (κ2) is 5.90. The van der Waals surface area contributed by atoms with Gasteiger partial charge < -0.3 is 9.64 Å². The molecule has 2 nitrogen and oxygen atoms in total. The molecule has 0 saturated heterocycles. The number of benzene rings is 2. The molecule has 0 amide bonds. The molecule has 1 aliphatic rings. The van der Waals surface area contributed by atoms with Gasteiger partial charge >= 0.3 is 0 Å². The van der Waals surface area contributed by atoms with Crippen molar-refractivity contribution in [2.75, 3.05) is 20.6 Å². The van der Waals surface area contributed by atoms with Crippen LogP contribution in [0.4, 0.5) is 0 Å². The van der Waals surface area contributed by atoms with Crippen LogP contribution in [0, 0.1) is 12.8 Å². The predicted molar refractivity (Wildman–Crippen MR) is 86.7 cm³/mol. The highest BCUT2D eigenvalue weighted by Gasteiger charge is 2.34. The van der Waals surface area contributed by atoms with Crippen molar-refractivity contribution in [2.24, 2.45) is 5.92 Å². The summed E-state index contributed by atoms with van der Waals surface area (Å²) in [5.74, 6) is 1.51. The van der Waals surface area contributed by atoms with Gasteiger partial charge in [0.05, 0.1) is 0 Å². The van der Waals surface area contributed by atoms with Crippen molar-refractivity contribution in [3.05, 3.63) is 65.2 Å². The van der Waals surface area contributed by atoms with Gasteiger partial charge in [0, 0.05) is 12.5 Å². The fraction of sp³-hybridized carbons (Fsp3) is 0.368. The van der Waals surface area contributed by atoms with Crippen molar-refractivity contribution in [3.63, 3.8) is 0 Å². The van der Waals surface area contributed by atoms with Gasteiger partial charge in [-0.1, -0.05) is 42.5 Å². The van der Waals surface area contributed by atoms with Crippen molar-refractivity contribution in [3.8, 4) is 5.75 Å². The first-order valence-corrected chi connectivity index (χ1v) is 7.60. The molecule has 3 rings (SSSR count). The summed E-state index contributed by atoms with van der Waals surface area (Å²) >= 11 is 0. The molecule has 1 aliphatic carbocycles. The molecular formula is C19H23NO. The summed E-state index contributed by atoms with van der Waals surface area (Å²) in [6, 6.07) is 17.0. The van der Waals surface area contributed by atoms with E-state index < -0.39 is 0 Å². The molecule has 0 N–H and O–H groups in total. The van der Waals surface area contributed by atoms with Crippen LogP contribution in [0.5, 0.6) is 5.75 Å². The third-order valence-corrected chi connectivity index (χ3v) is 4.22. The molecule has 0 fully saturated rings. The maximum Gasteiger partial charge on any atom is 0.128 e. The Morgan fingerprint density at radius 2 is 1.76 bits per heavy atom. The van der Waals surface area contributed by atoms with E-state index in [1.54, 1.807) is 0 Å². The summed E-state index contributed by atoms with van der Waals surface area (Å²) in [5, 5.41) is 0. The highest BCUT2D eigenvalue weighted by atomic mass is 16.5. The Morgan fingerprint density at radius 1 is 1.05 bits per heavy atom. The molecule has 21 heavy (non-hydrogen) atoms. The zero-order valence-electron chi connectivity index (χ0n) is 13.0. The fourth-order valence-electron chi connectivity index (χ4n) is 3.26. The van der Waals surface area contributed by atoms with E-state index >= 15 is 0 Å². The minimum atomic E-state index is 0.157. The Bertz CT molecular complexity index is 620. The summed E-state index contributed by atoms with van der Waals surface area (Å²) in [6.45, 7) is 3.16. The molecule has 2 aromatic rings. The van der Waals surface area contributed by atoms with Gasteiger partial charge in [-0.05, 0) is 50.2 Å². The third kappa shape index (κ3) is 2.96. The Kier molecular flexibility index (Phi) is 3.98. The number of para-hydroxylation sites is 1. The number of hydrogen-bond donors (Lipinski definition) is 0. The number of nitrogens with zero attached hydrogens (tertiary/aromatic N) is 1. The van der Waals surface area contributed by atoms with E-state index in [-0.39, 0.29) is 6.10 Å². The number of fused-ring (bicyclic) bond motifs is 1. The number of hydrogen-bond acceptors (Lipinski definition) is 2. The van der Waals surface area contributed by atoms with Gasteiger partial charge in [-0.3, -0.25) is 0 Å². The molecule has 0 bridgehead atoms. The molecule has 0 spiro atoms. The zero-order valence-corrected chi connectivity index (χ0v) is 13.0. The van der Waals surface area contributed by atoms with E-state index in [9.17, 15) is 0 Å². The highest BCUT2D eigenvalue weighted by Crippen LogP contribution is 2.40. The lowest BCUT2D eigenvalue weighted by Crippen LogP contribution is -2.27. The van der Waals surface area contributed by atoms with Crippen LogP contribution in [0.25, 0.3) is 0 Å². The lowest BCUT2D eigenvalue weighted by molar-refractivity contribution is 0.127. The number of rotatable bonds is 4. The van der Waals surface area contributed by atoms with Gasteiger partial charge in [0.15, 0.2) is 0 Å². The SMILES string of the molecule is Cc1ccccc1O[C@@H]1c2ccccc2C[C@@H]1CN(C)C. The summed E-state index contributed by atoms with van der Waals surface area (Å²) in [4.78, 5) is 2.25. The zero-order chi connectivity index (χ0) is 14.8. The van der Waals surface area contributed by atoms with E-state index in [0.717, 1.165) is 18.7 Å². The normalized spacial score (nSPS) is 20.6. The molecule has 2 atom stereocenters. The maximum atomic E-state index is 6.42. The van der Waals surface area contributed by atoms with Crippen molar-refractivity contribution in [1.82, 2.24) is 4.90 Å². The summed E-state index contributed by atoms with van der Waals surface area (Å²) < 4.78 is 6.42. The lowest BCUT2D eigenvalue weighted by Gasteiger charge is -2.25. The highest BCUT2D eigenvalue weighted by molar-refractivity contribution is 5.38. The van der Waals surface area contributed by atoms with Gasteiger partial charge in [-0.15, -0.1) is 0 Å². The minimum absolute atomic E-state index is 0.157. The third-order valence-electron chi connectivity index (χ3n) is 4.22. The van der Waals surface area contributed by atoms with Crippen molar-refractivity contribution < 1.29 is 4.74 Å². The largest absolute Gasteiger partial charge is 0.485 e. The molecule has 0 saturated carbocycles. The molecule has 0 aromatic heterocycles. The van der Waals surface area contributed by atoms with Crippen molar-refractivity contribution >= 4 is 0 Å². The molecule has 110 valence electrons. The second-order valence-corrected chi connectivity index (χ2v) is 6.23. The average molecular weight is 281 g/mol. The topological polar surface area (TPSA) is 12.5 Å². The second-order valence-electron chi connectivity index (χ2n) is 6.23. The van der Waals surface area contributed by atoms with Gasteiger partial charge in [0.1, 0.15) is 11.9 Å². The van der Waals surface area contributed by atoms with E-state index in [1.165, 1.54) is 16.7 Å². The van der Waals surface area contributed by atoms with Crippen LogP contribution >= 0.6 is 0 Å². The predicted octanol–water partition coefficient (Wildman–Crippen LogP) is 3.85. The molecule has 0 unspecified atom stereocenters. The van der Waals surface area contributed by atoms with Gasteiger partial charge in [0.2, 0.25) is 0 Å². The molecule has 2 heteroatoms. The van der Waals surface area contributed by atoms with E-state index in [2.05, 4.69) is 68.4 Å². The first-order chi connectivity index (χ1) is 10.1. The van der Waals surface area contributed by atoms with Gasteiger partial charge in [-0.25, -0.2) is 0 Å². The fourth-order valence-corrected chi connectivity index (χ4v) is 3.26. The summed E-state index contributed by atoms with van der Waals surface area (Å²) in [5.41, 5.74) is 3.99. The average Bonchev–Trinajstić information content (AvgIpc) is 2.78. The van der Waals surface area contributed by atoms with Crippen LogP contribution in [0.1, 0.15) is 22.8 Å². The van der Waals surface area contributed by atoms with Crippen LogP contribution in [-0.4, -0.2) is 25.5 Å². The summed E-state index contributed by atoms with van der Waals surface area (Å²) in [6.07, 6.45) is 1.26. The van der Waals surface area contributed by atoms with Crippen LogP contribution in [0.3, 0.4) is 0 Å². The van der Waals surface area contributed by atoms with Crippen LogP contribution in [-0.2, 0) is 6.42 Å². The number of aryl methyl sites for hydroxylation is 1.